The second-order valence-corrected chi connectivity index (χ2v) is 6.35. The van der Waals surface area contributed by atoms with Gasteiger partial charge in [0.25, 0.3) is 0 Å². The van der Waals surface area contributed by atoms with Crippen LogP contribution >= 0.6 is 11.6 Å². The predicted molar refractivity (Wildman–Crippen MR) is 93.0 cm³/mol. The van der Waals surface area contributed by atoms with Gasteiger partial charge in [-0.05, 0) is 68.7 Å². The Bertz CT molecular complexity index is 636. The maximum absolute atomic E-state index is 6.17. The maximum atomic E-state index is 6.17. The zero-order valence-corrected chi connectivity index (χ0v) is 14.2. The Kier molecular flexibility index (Phi) is 5.60. The second-order valence-electron chi connectivity index (χ2n) is 5.94. The van der Waals surface area contributed by atoms with Gasteiger partial charge in [0.1, 0.15) is 17.3 Å². The molecule has 124 valence electrons. The van der Waals surface area contributed by atoms with Gasteiger partial charge in [0.05, 0.1) is 18.7 Å². The lowest BCUT2D eigenvalue weighted by atomic mass is 9.98. The molecule has 2 aromatic rings. The predicted octanol–water partition coefficient (Wildman–Crippen LogP) is 3.70. The molecule has 0 saturated carbocycles. The van der Waals surface area contributed by atoms with Crippen molar-refractivity contribution in [2.75, 3.05) is 26.7 Å². The van der Waals surface area contributed by atoms with Crippen molar-refractivity contribution >= 4 is 11.6 Å². The highest BCUT2D eigenvalue weighted by molar-refractivity contribution is 6.32. The van der Waals surface area contributed by atoms with Gasteiger partial charge in [0, 0.05) is 5.56 Å². The Hall–Kier alpha value is -1.49. The molecule has 0 spiro atoms. The highest BCUT2D eigenvalue weighted by atomic mass is 35.5. The molecular weight excluding hydrogens is 312 g/mol. The van der Waals surface area contributed by atoms with Crippen molar-refractivity contribution in [1.82, 2.24) is 10.6 Å². The number of furan rings is 1. The number of benzene rings is 1. The van der Waals surface area contributed by atoms with Gasteiger partial charge in [-0.1, -0.05) is 11.6 Å². The summed E-state index contributed by atoms with van der Waals surface area (Å²) in [6.07, 6.45) is 2.50. The molecule has 1 saturated heterocycles. The average molecular weight is 335 g/mol. The Balaban J connectivity index is 1.56. The van der Waals surface area contributed by atoms with Gasteiger partial charge in [0.2, 0.25) is 0 Å². The van der Waals surface area contributed by atoms with Crippen molar-refractivity contribution in [3.63, 3.8) is 0 Å². The quantitative estimate of drug-likeness (QED) is 0.845. The molecule has 1 aromatic carbocycles. The van der Waals surface area contributed by atoms with E-state index in [2.05, 4.69) is 10.6 Å². The minimum atomic E-state index is 0.590. The Labute approximate surface area is 142 Å². The first-order valence-electron chi connectivity index (χ1n) is 8.10. The lowest BCUT2D eigenvalue weighted by Gasteiger charge is -2.22. The third-order valence-electron chi connectivity index (χ3n) is 4.29. The van der Waals surface area contributed by atoms with E-state index in [1.165, 1.54) is 12.8 Å². The first-order chi connectivity index (χ1) is 11.3. The van der Waals surface area contributed by atoms with E-state index in [-0.39, 0.29) is 0 Å². The topological polar surface area (TPSA) is 46.4 Å². The number of rotatable bonds is 6. The molecule has 23 heavy (non-hydrogen) atoms. The fourth-order valence-electron chi connectivity index (χ4n) is 2.93. The number of halogens is 1. The van der Waals surface area contributed by atoms with E-state index in [4.69, 9.17) is 20.8 Å². The molecule has 5 heteroatoms. The third kappa shape index (κ3) is 4.28. The number of hydrogen-bond donors (Lipinski definition) is 2. The summed E-state index contributed by atoms with van der Waals surface area (Å²) in [4.78, 5) is 0. The molecule has 1 fully saturated rings. The molecule has 1 aliphatic rings. The summed E-state index contributed by atoms with van der Waals surface area (Å²) in [6, 6.07) is 9.68. The number of methoxy groups -OCH3 is 1. The van der Waals surface area contributed by atoms with E-state index in [0.29, 0.717) is 10.8 Å². The van der Waals surface area contributed by atoms with Crippen molar-refractivity contribution < 1.29 is 9.15 Å². The molecule has 0 aliphatic carbocycles. The number of nitrogens with one attached hydrogen (secondary N) is 2. The second kappa shape index (κ2) is 7.86. The summed E-state index contributed by atoms with van der Waals surface area (Å²) in [5.41, 5.74) is 0.959. The monoisotopic (exact) mass is 334 g/mol. The first kappa shape index (κ1) is 16.4. The lowest BCUT2D eigenvalue weighted by molar-refractivity contribution is 0.350. The fourth-order valence-corrected chi connectivity index (χ4v) is 3.19. The molecule has 0 radical (unpaired) electrons. The van der Waals surface area contributed by atoms with Crippen LogP contribution in [0.5, 0.6) is 5.75 Å². The van der Waals surface area contributed by atoms with Crippen LogP contribution in [-0.4, -0.2) is 26.7 Å². The minimum Gasteiger partial charge on any atom is -0.495 e. The molecule has 0 amide bonds. The van der Waals surface area contributed by atoms with Crippen LogP contribution in [0.2, 0.25) is 5.02 Å². The van der Waals surface area contributed by atoms with Gasteiger partial charge < -0.3 is 19.8 Å². The molecule has 1 aromatic heterocycles. The van der Waals surface area contributed by atoms with E-state index in [1.807, 2.05) is 30.3 Å². The minimum absolute atomic E-state index is 0.590. The van der Waals surface area contributed by atoms with Crippen LogP contribution in [0.1, 0.15) is 18.6 Å². The van der Waals surface area contributed by atoms with Crippen LogP contribution in [0, 0.1) is 5.92 Å². The average Bonchev–Trinajstić information content (AvgIpc) is 3.05. The fraction of sp³-hybridized carbons (Fsp3) is 0.444. The highest BCUT2D eigenvalue weighted by Crippen LogP contribution is 2.31. The van der Waals surface area contributed by atoms with Crippen LogP contribution in [0.15, 0.2) is 34.7 Å². The van der Waals surface area contributed by atoms with Crippen LogP contribution in [-0.2, 0) is 6.54 Å². The molecule has 2 heterocycles. The Morgan fingerprint density at radius 1 is 1.26 bits per heavy atom. The first-order valence-corrected chi connectivity index (χ1v) is 8.48. The Morgan fingerprint density at radius 2 is 2.09 bits per heavy atom. The summed E-state index contributed by atoms with van der Waals surface area (Å²) >= 11 is 6.17. The van der Waals surface area contributed by atoms with Gasteiger partial charge in [-0.2, -0.15) is 0 Å². The number of ether oxygens (including phenoxy) is 1. The molecule has 0 atom stereocenters. The summed E-state index contributed by atoms with van der Waals surface area (Å²) < 4.78 is 11.1. The van der Waals surface area contributed by atoms with Crippen molar-refractivity contribution in [2.24, 2.45) is 5.92 Å². The molecule has 1 aliphatic heterocycles. The van der Waals surface area contributed by atoms with Gasteiger partial charge in [-0.15, -0.1) is 0 Å². The standard InChI is InChI=1S/C18H23ClN2O2/c1-22-18-4-2-14(10-16(18)19)17-5-3-15(23-17)12-21-11-13-6-8-20-9-7-13/h2-5,10,13,20-21H,6-9,11-12H2,1H3. The van der Waals surface area contributed by atoms with Crippen molar-refractivity contribution in [1.29, 1.82) is 0 Å². The van der Waals surface area contributed by atoms with Crippen LogP contribution < -0.4 is 15.4 Å². The molecule has 2 N–H and O–H groups in total. The molecule has 4 nitrogen and oxygen atoms in total. The van der Waals surface area contributed by atoms with Crippen molar-refractivity contribution in [3.8, 4) is 17.1 Å². The van der Waals surface area contributed by atoms with E-state index < -0.39 is 0 Å². The SMILES string of the molecule is COc1ccc(-c2ccc(CNCC3CCNCC3)o2)cc1Cl. The number of piperidine rings is 1. The lowest BCUT2D eigenvalue weighted by Crippen LogP contribution is -2.33. The van der Waals surface area contributed by atoms with Gasteiger partial charge >= 0.3 is 0 Å². The zero-order valence-electron chi connectivity index (χ0n) is 13.4. The van der Waals surface area contributed by atoms with E-state index >= 15 is 0 Å². The largest absolute Gasteiger partial charge is 0.495 e. The van der Waals surface area contributed by atoms with Crippen molar-refractivity contribution in [2.45, 2.75) is 19.4 Å². The molecule has 0 bridgehead atoms. The van der Waals surface area contributed by atoms with Gasteiger partial charge in [-0.25, -0.2) is 0 Å². The van der Waals surface area contributed by atoms with Crippen LogP contribution in [0.3, 0.4) is 0 Å². The van der Waals surface area contributed by atoms with Crippen LogP contribution in [0.25, 0.3) is 11.3 Å². The normalized spacial score (nSPS) is 15.7. The summed E-state index contributed by atoms with van der Waals surface area (Å²) in [7, 11) is 1.61. The summed E-state index contributed by atoms with van der Waals surface area (Å²) in [5.74, 6) is 3.21. The molecule has 3 rings (SSSR count). The maximum Gasteiger partial charge on any atom is 0.137 e. The van der Waals surface area contributed by atoms with Crippen LogP contribution in [0.4, 0.5) is 0 Å². The van der Waals surface area contributed by atoms with Gasteiger partial charge in [0.15, 0.2) is 0 Å². The summed E-state index contributed by atoms with van der Waals surface area (Å²) in [6.45, 7) is 4.07. The van der Waals surface area contributed by atoms with Gasteiger partial charge in [-0.3, -0.25) is 0 Å². The Morgan fingerprint density at radius 3 is 2.83 bits per heavy atom. The van der Waals surface area contributed by atoms with Crippen molar-refractivity contribution in [3.05, 3.63) is 41.1 Å². The van der Waals surface area contributed by atoms with E-state index in [9.17, 15) is 0 Å². The molecular formula is C18H23ClN2O2. The molecule has 0 unspecified atom stereocenters. The van der Waals surface area contributed by atoms with E-state index in [0.717, 1.165) is 49.2 Å². The zero-order chi connectivity index (χ0) is 16.1. The number of hydrogen-bond acceptors (Lipinski definition) is 4. The highest BCUT2D eigenvalue weighted by Gasteiger charge is 2.13. The third-order valence-corrected chi connectivity index (χ3v) is 4.58. The smallest absolute Gasteiger partial charge is 0.137 e. The van der Waals surface area contributed by atoms with E-state index in [1.54, 1.807) is 7.11 Å². The summed E-state index contributed by atoms with van der Waals surface area (Å²) in [5, 5.41) is 7.48.